The van der Waals surface area contributed by atoms with Gasteiger partial charge in [0.2, 0.25) is 0 Å². The van der Waals surface area contributed by atoms with Crippen molar-refractivity contribution in [3.8, 4) is 0 Å². The van der Waals surface area contributed by atoms with Crippen LogP contribution in [-0.4, -0.2) is 28.8 Å². The largest absolute Gasteiger partial charge is 0.395 e. The van der Waals surface area contributed by atoms with E-state index >= 15 is 0 Å². The Morgan fingerprint density at radius 1 is 1.53 bits per heavy atom. The van der Waals surface area contributed by atoms with Crippen LogP contribution in [0, 0.1) is 0 Å². The number of amides is 1. The molecule has 17 heavy (non-hydrogen) atoms. The van der Waals surface area contributed by atoms with E-state index in [1.165, 1.54) is 0 Å². The van der Waals surface area contributed by atoms with Gasteiger partial charge in [-0.15, -0.1) is 0 Å². The number of aromatic nitrogens is 2. The van der Waals surface area contributed by atoms with Gasteiger partial charge in [-0.25, -0.2) is 0 Å². The molecule has 1 saturated heterocycles. The lowest BCUT2D eigenvalue weighted by Gasteiger charge is -2.43. The zero-order chi connectivity index (χ0) is 12.6. The van der Waals surface area contributed by atoms with E-state index in [-0.39, 0.29) is 11.2 Å². The molecule has 6 heteroatoms. The van der Waals surface area contributed by atoms with Gasteiger partial charge in [0, 0.05) is 13.1 Å². The molecular weight excluding hydrogens is 218 g/mol. The number of nitrogens with one attached hydrogen (secondary N) is 1. The Labute approximate surface area is 100 Å². The van der Waals surface area contributed by atoms with Gasteiger partial charge in [-0.05, 0) is 12.8 Å². The molecule has 1 aromatic rings. The summed E-state index contributed by atoms with van der Waals surface area (Å²) >= 11 is 0. The van der Waals surface area contributed by atoms with Gasteiger partial charge in [-0.1, -0.05) is 13.8 Å². The molecule has 0 aliphatic carbocycles. The Kier molecular flexibility index (Phi) is 2.82. The standard InChI is InChI=1S/C11H19N5O/c1-3-7-8(12)9(10(13)17)15-16(7)11(4-2)5-14-6-11/h14H,3-6,12H2,1-2H3,(H2,13,17). The molecule has 6 nitrogen and oxygen atoms in total. The predicted molar refractivity (Wildman–Crippen MR) is 65.7 cm³/mol. The van der Waals surface area contributed by atoms with Crippen LogP contribution in [-0.2, 0) is 12.0 Å². The van der Waals surface area contributed by atoms with Crippen LogP contribution in [0.5, 0.6) is 0 Å². The molecule has 94 valence electrons. The molecule has 1 aliphatic heterocycles. The zero-order valence-electron chi connectivity index (χ0n) is 10.3. The maximum absolute atomic E-state index is 11.3. The first-order chi connectivity index (χ1) is 8.05. The fraction of sp³-hybridized carbons (Fsp3) is 0.636. The lowest BCUT2D eigenvalue weighted by atomic mass is 9.89. The van der Waals surface area contributed by atoms with Crippen LogP contribution in [0.4, 0.5) is 5.69 Å². The summed E-state index contributed by atoms with van der Waals surface area (Å²) in [6.07, 6.45) is 1.69. The van der Waals surface area contributed by atoms with Crippen LogP contribution in [0.15, 0.2) is 0 Å². The minimum atomic E-state index is -0.561. The summed E-state index contributed by atoms with van der Waals surface area (Å²) in [5, 5.41) is 7.57. The van der Waals surface area contributed by atoms with E-state index in [0.29, 0.717) is 5.69 Å². The molecular formula is C11H19N5O. The molecule has 0 spiro atoms. The average molecular weight is 237 g/mol. The van der Waals surface area contributed by atoms with Crippen molar-refractivity contribution in [3.63, 3.8) is 0 Å². The highest BCUT2D eigenvalue weighted by molar-refractivity contribution is 5.96. The monoisotopic (exact) mass is 237 g/mol. The van der Waals surface area contributed by atoms with Crippen LogP contribution in [0.1, 0.15) is 36.5 Å². The first kappa shape index (κ1) is 11.9. The molecule has 0 aromatic carbocycles. The number of nitrogens with two attached hydrogens (primary N) is 2. The lowest BCUT2D eigenvalue weighted by molar-refractivity contribution is 0.0989. The highest BCUT2D eigenvalue weighted by Crippen LogP contribution is 2.30. The third kappa shape index (κ3) is 1.59. The SMILES string of the molecule is CCc1c(N)c(C(N)=O)nn1C1(CC)CNC1. The highest BCUT2D eigenvalue weighted by Gasteiger charge is 2.40. The molecule has 0 radical (unpaired) electrons. The minimum Gasteiger partial charge on any atom is -0.395 e. The molecule has 0 atom stereocenters. The van der Waals surface area contributed by atoms with Gasteiger partial charge in [0.15, 0.2) is 5.69 Å². The summed E-state index contributed by atoms with van der Waals surface area (Å²) in [6, 6.07) is 0. The van der Waals surface area contributed by atoms with Crippen molar-refractivity contribution in [2.45, 2.75) is 32.2 Å². The summed E-state index contributed by atoms with van der Waals surface area (Å²) in [6.45, 7) is 5.83. The fourth-order valence-electron chi connectivity index (χ4n) is 2.34. The molecule has 1 aromatic heterocycles. The maximum Gasteiger partial charge on any atom is 0.271 e. The van der Waals surface area contributed by atoms with Crippen LogP contribution in [0.3, 0.4) is 0 Å². The Morgan fingerprint density at radius 3 is 2.53 bits per heavy atom. The second kappa shape index (κ2) is 4.03. The molecule has 0 saturated carbocycles. The molecule has 1 fully saturated rings. The zero-order valence-corrected chi connectivity index (χ0v) is 10.3. The van der Waals surface area contributed by atoms with E-state index in [2.05, 4.69) is 17.3 Å². The molecule has 1 aliphatic rings. The number of carbonyl (C=O) groups excluding carboxylic acids is 1. The number of hydrogen-bond acceptors (Lipinski definition) is 4. The quantitative estimate of drug-likeness (QED) is 0.677. The number of nitrogen functional groups attached to an aromatic ring is 1. The summed E-state index contributed by atoms with van der Waals surface area (Å²) in [7, 11) is 0. The Hall–Kier alpha value is -1.56. The van der Waals surface area contributed by atoms with E-state index in [4.69, 9.17) is 11.5 Å². The molecule has 2 rings (SSSR count). The second-order valence-electron chi connectivity index (χ2n) is 4.52. The first-order valence-corrected chi connectivity index (χ1v) is 5.94. The topological polar surface area (TPSA) is 99.0 Å². The van der Waals surface area contributed by atoms with Crippen LogP contribution in [0.2, 0.25) is 0 Å². The van der Waals surface area contributed by atoms with Gasteiger partial charge in [0.05, 0.1) is 16.9 Å². The average Bonchev–Trinajstić information content (AvgIpc) is 2.55. The van der Waals surface area contributed by atoms with Gasteiger partial charge < -0.3 is 16.8 Å². The van der Waals surface area contributed by atoms with Gasteiger partial charge >= 0.3 is 0 Å². The highest BCUT2D eigenvalue weighted by atomic mass is 16.1. The number of nitrogens with zero attached hydrogens (tertiary/aromatic N) is 2. The normalized spacial score (nSPS) is 17.8. The van der Waals surface area contributed by atoms with E-state index < -0.39 is 5.91 Å². The van der Waals surface area contributed by atoms with E-state index in [1.54, 1.807) is 0 Å². The molecule has 1 amide bonds. The summed E-state index contributed by atoms with van der Waals surface area (Å²) < 4.78 is 1.90. The van der Waals surface area contributed by atoms with Gasteiger partial charge in [-0.3, -0.25) is 9.48 Å². The number of hydrogen-bond donors (Lipinski definition) is 3. The molecule has 5 N–H and O–H groups in total. The van der Waals surface area contributed by atoms with E-state index in [9.17, 15) is 4.79 Å². The van der Waals surface area contributed by atoms with Crippen LogP contribution >= 0.6 is 0 Å². The fourth-order valence-corrected chi connectivity index (χ4v) is 2.34. The number of rotatable bonds is 4. The Bertz CT molecular complexity index is 441. The third-order valence-corrected chi connectivity index (χ3v) is 3.61. The lowest BCUT2D eigenvalue weighted by Crippen LogP contribution is -2.61. The van der Waals surface area contributed by atoms with Gasteiger partial charge in [-0.2, -0.15) is 5.10 Å². The summed E-state index contributed by atoms with van der Waals surface area (Å²) in [4.78, 5) is 11.3. The Balaban J connectivity index is 2.53. The van der Waals surface area contributed by atoms with Crippen molar-refractivity contribution < 1.29 is 4.79 Å². The van der Waals surface area contributed by atoms with Gasteiger partial charge in [0.25, 0.3) is 5.91 Å². The van der Waals surface area contributed by atoms with E-state index in [0.717, 1.165) is 31.6 Å². The first-order valence-electron chi connectivity index (χ1n) is 5.94. The number of carbonyl (C=O) groups is 1. The van der Waals surface area contributed by atoms with Crippen molar-refractivity contribution >= 4 is 11.6 Å². The number of anilines is 1. The molecule has 2 heterocycles. The van der Waals surface area contributed by atoms with Crippen molar-refractivity contribution in [1.29, 1.82) is 0 Å². The van der Waals surface area contributed by atoms with E-state index in [1.807, 2.05) is 11.6 Å². The predicted octanol–water partition coefficient (Wildman–Crippen LogP) is -0.165. The second-order valence-corrected chi connectivity index (χ2v) is 4.52. The number of primary amides is 1. The van der Waals surface area contributed by atoms with Crippen molar-refractivity contribution in [2.75, 3.05) is 18.8 Å². The van der Waals surface area contributed by atoms with Crippen molar-refractivity contribution in [3.05, 3.63) is 11.4 Å². The van der Waals surface area contributed by atoms with Crippen molar-refractivity contribution in [1.82, 2.24) is 15.1 Å². The minimum absolute atomic E-state index is 0.0484. The Morgan fingerprint density at radius 2 is 2.18 bits per heavy atom. The van der Waals surface area contributed by atoms with Crippen molar-refractivity contribution in [2.24, 2.45) is 5.73 Å². The van der Waals surface area contributed by atoms with Gasteiger partial charge in [0.1, 0.15) is 0 Å². The molecule has 0 unspecified atom stereocenters. The molecule has 0 bridgehead atoms. The summed E-state index contributed by atoms with van der Waals surface area (Å²) in [5.74, 6) is -0.561. The maximum atomic E-state index is 11.3. The van der Waals surface area contributed by atoms with Crippen LogP contribution in [0.25, 0.3) is 0 Å². The third-order valence-electron chi connectivity index (χ3n) is 3.61. The summed E-state index contributed by atoms with van der Waals surface area (Å²) in [5.41, 5.74) is 12.7. The van der Waals surface area contributed by atoms with Crippen LogP contribution < -0.4 is 16.8 Å². The smallest absolute Gasteiger partial charge is 0.271 e.